The summed E-state index contributed by atoms with van der Waals surface area (Å²) in [5, 5.41) is 1.60. The number of amides is 1. The lowest BCUT2D eigenvalue weighted by Gasteiger charge is -2.29. The van der Waals surface area contributed by atoms with E-state index in [2.05, 4.69) is 4.98 Å². The van der Waals surface area contributed by atoms with Crippen molar-refractivity contribution in [1.82, 2.24) is 23.7 Å². The molecule has 34 heavy (non-hydrogen) atoms. The first-order valence-corrected chi connectivity index (χ1v) is 11.8. The van der Waals surface area contributed by atoms with Gasteiger partial charge in [-0.2, -0.15) is 4.73 Å². The predicted octanol–water partition coefficient (Wildman–Crippen LogP) is 3.45. The Morgan fingerprint density at radius 3 is 2.74 bits per heavy atom. The van der Waals surface area contributed by atoms with Crippen LogP contribution in [0.1, 0.15) is 34.6 Å². The van der Waals surface area contributed by atoms with Crippen molar-refractivity contribution in [1.29, 1.82) is 0 Å². The Morgan fingerprint density at radius 2 is 1.97 bits per heavy atom. The molecule has 0 N–H and O–H groups in total. The highest BCUT2D eigenvalue weighted by Gasteiger charge is 2.28. The number of imidazole rings is 1. The molecule has 4 aromatic rings. The maximum absolute atomic E-state index is 13.3. The van der Waals surface area contributed by atoms with Gasteiger partial charge >= 0.3 is 0 Å². The fourth-order valence-electron chi connectivity index (χ4n) is 4.51. The molecule has 8 nitrogen and oxygen atoms in total. The number of carbonyl (C=O) groups is 1. The Kier molecular flexibility index (Phi) is 4.99. The second-order valence-corrected chi connectivity index (χ2v) is 9.53. The van der Waals surface area contributed by atoms with E-state index in [1.54, 1.807) is 43.4 Å². The van der Waals surface area contributed by atoms with Crippen molar-refractivity contribution in [3.63, 3.8) is 0 Å². The first kappa shape index (κ1) is 21.0. The van der Waals surface area contributed by atoms with Crippen LogP contribution in [0.5, 0.6) is 0 Å². The number of aromatic nitrogens is 4. The number of hydrogen-bond acceptors (Lipinski definition) is 4. The zero-order chi connectivity index (χ0) is 23.4. The maximum atomic E-state index is 13.3. The van der Waals surface area contributed by atoms with E-state index >= 15 is 0 Å². The lowest BCUT2D eigenvalue weighted by atomic mass is 10.1. The van der Waals surface area contributed by atoms with E-state index in [9.17, 15) is 9.59 Å². The van der Waals surface area contributed by atoms with Gasteiger partial charge in [0.1, 0.15) is 18.0 Å². The summed E-state index contributed by atoms with van der Waals surface area (Å²) in [6.45, 7) is 3.83. The quantitative estimate of drug-likeness (QED) is 0.426. The van der Waals surface area contributed by atoms with Crippen LogP contribution >= 0.6 is 11.6 Å². The van der Waals surface area contributed by atoms with E-state index in [1.165, 1.54) is 12.8 Å². The first-order valence-electron chi connectivity index (χ1n) is 11.4. The summed E-state index contributed by atoms with van der Waals surface area (Å²) in [7, 11) is 0. The summed E-state index contributed by atoms with van der Waals surface area (Å²) < 4.78 is 5.05. The third-order valence-electron chi connectivity index (χ3n) is 6.57. The Hall–Kier alpha value is -3.52. The minimum absolute atomic E-state index is 0.168. The number of benzene rings is 1. The number of aryl methyl sites for hydroxylation is 1. The smallest absolute Gasteiger partial charge is 0.275 e. The molecule has 0 radical (unpaired) electrons. The van der Waals surface area contributed by atoms with Gasteiger partial charge in [-0.25, -0.2) is 4.98 Å². The summed E-state index contributed by atoms with van der Waals surface area (Å²) in [6.07, 6.45) is 7.78. The van der Waals surface area contributed by atoms with E-state index in [4.69, 9.17) is 16.4 Å². The van der Waals surface area contributed by atoms with Gasteiger partial charge in [-0.3, -0.25) is 9.59 Å². The van der Waals surface area contributed by atoms with E-state index in [0.717, 1.165) is 22.2 Å². The van der Waals surface area contributed by atoms with E-state index < -0.39 is 0 Å². The van der Waals surface area contributed by atoms with Gasteiger partial charge in [-0.15, -0.1) is 0 Å². The van der Waals surface area contributed by atoms with Gasteiger partial charge in [0, 0.05) is 48.0 Å². The van der Waals surface area contributed by atoms with Crippen LogP contribution in [0.15, 0.2) is 53.8 Å². The van der Waals surface area contributed by atoms with Gasteiger partial charge in [0.05, 0.1) is 17.5 Å². The molecular weight excluding hydrogens is 454 g/mol. The Bertz CT molecular complexity index is 1480. The van der Waals surface area contributed by atoms with Crippen molar-refractivity contribution in [3.8, 4) is 5.69 Å². The largest absolute Gasteiger partial charge is 0.414 e. The van der Waals surface area contributed by atoms with Crippen LogP contribution in [0.2, 0.25) is 5.02 Å². The predicted molar refractivity (Wildman–Crippen MR) is 128 cm³/mol. The average molecular weight is 478 g/mol. The van der Waals surface area contributed by atoms with Crippen LogP contribution in [-0.4, -0.2) is 42.8 Å². The topological polar surface area (TPSA) is 74.3 Å². The van der Waals surface area contributed by atoms with Crippen molar-refractivity contribution in [2.24, 2.45) is 5.92 Å². The number of nitrogens with zero attached hydrogens (tertiary/aromatic N) is 5. The number of hydrogen-bond donors (Lipinski definition) is 0. The van der Waals surface area contributed by atoms with Gasteiger partial charge in [0.25, 0.3) is 11.5 Å². The van der Waals surface area contributed by atoms with E-state index in [-0.39, 0.29) is 11.5 Å². The molecule has 1 aromatic carbocycles. The highest BCUT2D eigenvalue weighted by atomic mass is 35.5. The summed E-state index contributed by atoms with van der Waals surface area (Å²) >= 11 is 6.28. The summed E-state index contributed by atoms with van der Waals surface area (Å²) in [5.74, 6) is 0.460. The SMILES string of the molecule is Cc1cn(-c2ccc3n(c2=O)CCN(Cc2cn(OCC4CC4)c4ccc(Cl)cc24)C3=O)cn1. The van der Waals surface area contributed by atoms with E-state index in [0.29, 0.717) is 48.6 Å². The zero-order valence-corrected chi connectivity index (χ0v) is 19.5. The maximum Gasteiger partial charge on any atom is 0.275 e. The molecule has 2 aliphatic rings. The lowest BCUT2D eigenvalue weighted by Crippen LogP contribution is -2.44. The Morgan fingerprint density at radius 1 is 1.12 bits per heavy atom. The van der Waals surface area contributed by atoms with Crippen LogP contribution in [0, 0.1) is 12.8 Å². The van der Waals surface area contributed by atoms with Crippen LogP contribution in [-0.2, 0) is 13.1 Å². The summed E-state index contributed by atoms with van der Waals surface area (Å²) in [5.41, 5.74) is 3.40. The molecule has 0 saturated heterocycles. The van der Waals surface area contributed by atoms with Crippen LogP contribution < -0.4 is 10.4 Å². The summed E-state index contributed by atoms with van der Waals surface area (Å²) in [6, 6.07) is 9.11. The second kappa shape index (κ2) is 8.06. The number of pyridine rings is 1. The van der Waals surface area contributed by atoms with Crippen molar-refractivity contribution in [2.45, 2.75) is 32.9 Å². The molecule has 1 aliphatic carbocycles. The molecule has 0 bridgehead atoms. The molecule has 0 unspecified atom stereocenters. The van der Waals surface area contributed by atoms with Gasteiger partial charge in [-0.1, -0.05) is 11.6 Å². The molecule has 9 heteroatoms. The number of carbonyl (C=O) groups excluding carboxylic acids is 1. The number of rotatable bonds is 6. The molecule has 1 fully saturated rings. The van der Waals surface area contributed by atoms with Gasteiger partial charge in [-0.05, 0) is 56.0 Å². The zero-order valence-electron chi connectivity index (χ0n) is 18.8. The monoisotopic (exact) mass is 477 g/mol. The van der Waals surface area contributed by atoms with Crippen LogP contribution in [0.4, 0.5) is 0 Å². The normalized spacial score (nSPS) is 15.7. The minimum atomic E-state index is -0.195. The standard InChI is InChI=1S/C25H24ClN5O3/c1-16-11-29(15-27-16)22-6-7-23-24(32)28(8-9-30(23)25(22)33)12-18-13-31(34-14-17-2-3-17)21-5-4-19(26)10-20(18)21/h4-7,10-11,13,15,17H,2-3,8-9,12,14H2,1H3. The lowest BCUT2D eigenvalue weighted by molar-refractivity contribution is 0.0685. The molecule has 4 heterocycles. The molecule has 3 aromatic heterocycles. The fraction of sp³-hybridized carbons (Fsp3) is 0.320. The highest BCUT2D eigenvalue weighted by molar-refractivity contribution is 6.31. The third kappa shape index (κ3) is 3.68. The van der Waals surface area contributed by atoms with Crippen molar-refractivity contribution in [3.05, 3.63) is 81.4 Å². The van der Waals surface area contributed by atoms with Gasteiger partial charge < -0.3 is 18.9 Å². The molecule has 1 saturated carbocycles. The first-order chi connectivity index (χ1) is 16.5. The molecule has 0 atom stereocenters. The molecule has 174 valence electrons. The van der Waals surface area contributed by atoms with Gasteiger partial charge in [0.15, 0.2) is 0 Å². The number of fused-ring (bicyclic) bond motifs is 2. The van der Waals surface area contributed by atoms with Crippen molar-refractivity contribution >= 4 is 28.4 Å². The minimum Gasteiger partial charge on any atom is -0.414 e. The van der Waals surface area contributed by atoms with Crippen molar-refractivity contribution < 1.29 is 9.63 Å². The van der Waals surface area contributed by atoms with Crippen molar-refractivity contribution in [2.75, 3.05) is 13.2 Å². The third-order valence-corrected chi connectivity index (χ3v) is 6.80. The molecular formula is C25H24ClN5O3. The van der Waals surface area contributed by atoms with Crippen LogP contribution in [0.25, 0.3) is 16.6 Å². The number of halogens is 1. The van der Waals surface area contributed by atoms with Crippen LogP contribution in [0.3, 0.4) is 0 Å². The van der Waals surface area contributed by atoms with E-state index in [1.807, 2.05) is 31.3 Å². The second-order valence-electron chi connectivity index (χ2n) is 9.09. The summed E-state index contributed by atoms with van der Waals surface area (Å²) in [4.78, 5) is 38.4. The van der Waals surface area contributed by atoms with Gasteiger partial charge in [0.2, 0.25) is 0 Å². The fourth-order valence-corrected chi connectivity index (χ4v) is 4.68. The Labute approximate surface area is 200 Å². The Balaban J connectivity index is 1.30. The molecule has 1 aliphatic heterocycles. The molecule has 6 rings (SSSR count). The molecule has 0 spiro atoms. The average Bonchev–Trinajstić information content (AvgIpc) is 3.46. The molecule has 1 amide bonds. The highest BCUT2D eigenvalue weighted by Crippen LogP contribution is 2.30.